The molecule has 0 saturated heterocycles. The minimum Gasteiger partial charge on any atom is -0.0788 e. The predicted octanol–water partition coefficient (Wildman–Crippen LogP) is 6.76. The summed E-state index contributed by atoms with van der Waals surface area (Å²) in [5.41, 5.74) is 2.95. The highest BCUT2D eigenvalue weighted by molar-refractivity contribution is 14.1. The Morgan fingerprint density at radius 1 is 0.609 bits per heavy atom. The molecule has 128 valence electrons. The molecule has 6 unspecified atom stereocenters. The Hall–Kier alpha value is 0.730. The van der Waals surface area contributed by atoms with Crippen LogP contribution in [0.1, 0.15) is 90.9 Å². The van der Waals surface area contributed by atoms with Crippen molar-refractivity contribution < 1.29 is 0 Å². The van der Waals surface area contributed by atoms with Gasteiger partial charge in [-0.2, -0.15) is 0 Å². The summed E-state index contributed by atoms with van der Waals surface area (Å²) in [5.74, 6) is 3.29. The molecule has 0 nitrogen and oxygen atoms in total. The minimum atomic E-state index is 0.677. The fourth-order valence-corrected chi connectivity index (χ4v) is 13.0. The lowest BCUT2D eigenvalue weighted by Crippen LogP contribution is -2.66. The number of hydrogen-bond acceptors (Lipinski definition) is 0. The Labute approximate surface area is 156 Å². The maximum atomic E-state index is 2.95. The van der Waals surface area contributed by atoms with Gasteiger partial charge in [-0.05, 0) is 116 Å². The van der Waals surface area contributed by atoms with Crippen LogP contribution in [0.4, 0.5) is 0 Å². The number of halogens is 1. The zero-order valence-corrected chi connectivity index (χ0v) is 17.3. The molecule has 8 aliphatic carbocycles. The van der Waals surface area contributed by atoms with Gasteiger partial charge in [-0.3, -0.25) is 0 Å². The summed E-state index contributed by atoms with van der Waals surface area (Å²) >= 11 is 2.95. The molecule has 6 atom stereocenters. The van der Waals surface area contributed by atoms with Gasteiger partial charge < -0.3 is 0 Å². The summed E-state index contributed by atoms with van der Waals surface area (Å²) in [6.07, 6.45) is 19.1. The van der Waals surface area contributed by atoms with Gasteiger partial charge in [0.25, 0.3) is 0 Å². The summed E-state index contributed by atoms with van der Waals surface area (Å²) < 4.78 is 0.677. The fraction of sp³-hybridized carbons (Fsp3) is 1.00. The average Bonchev–Trinajstić information content (AvgIpc) is 2.30. The topological polar surface area (TPSA) is 0 Å². The maximum absolute atomic E-state index is 2.95. The second kappa shape index (κ2) is 4.01. The quantitative estimate of drug-likeness (QED) is 0.322. The van der Waals surface area contributed by atoms with E-state index in [0.717, 1.165) is 34.0 Å². The first-order valence-corrected chi connectivity index (χ1v) is 11.5. The van der Waals surface area contributed by atoms with Crippen LogP contribution in [-0.4, -0.2) is 3.42 Å². The van der Waals surface area contributed by atoms with E-state index >= 15 is 0 Å². The zero-order chi connectivity index (χ0) is 15.7. The largest absolute Gasteiger partial charge is 0.0788 e. The Bertz CT molecular complexity index is 545. The van der Waals surface area contributed by atoms with Crippen LogP contribution in [0, 0.1) is 39.4 Å². The third-order valence-electron chi connectivity index (χ3n) is 9.76. The maximum Gasteiger partial charge on any atom is 0.0235 e. The molecule has 0 radical (unpaired) electrons. The number of hydrogen-bond donors (Lipinski definition) is 0. The van der Waals surface area contributed by atoms with Gasteiger partial charge in [-0.1, -0.05) is 36.4 Å². The van der Waals surface area contributed by atoms with Gasteiger partial charge in [-0.25, -0.2) is 0 Å². The highest BCUT2D eigenvalue weighted by Crippen LogP contribution is 2.79. The molecule has 0 spiro atoms. The molecule has 0 aromatic heterocycles. The number of rotatable bonds is 1. The van der Waals surface area contributed by atoms with Gasteiger partial charge in [0.1, 0.15) is 0 Å². The Morgan fingerprint density at radius 2 is 1.22 bits per heavy atom. The molecule has 8 saturated carbocycles. The van der Waals surface area contributed by atoms with Crippen molar-refractivity contribution in [2.45, 2.75) is 94.3 Å². The second-order valence-electron chi connectivity index (χ2n) is 12.3. The van der Waals surface area contributed by atoms with E-state index in [-0.39, 0.29) is 0 Å². The summed E-state index contributed by atoms with van der Waals surface area (Å²) in [5, 5.41) is 0. The van der Waals surface area contributed by atoms with Crippen molar-refractivity contribution in [3.63, 3.8) is 0 Å². The average molecular weight is 424 g/mol. The van der Waals surface area contributed by atoms with Crippen molar-refractivity contribution in [3.8, 4) is 0 Å². The summed E-state index contributed by atoms with van der Waals surface area (Å²) in [6, 6.07) is 0. The van der Waals surface area contributed by atoms with Crippen LogP contribution < -0.4 is 0 Å². The SMILES string of the molecule is CC12CC3CC(C1)CC(C14CC5CC(C)(CC(I)(C5)C1)C4)(C3)C2. The van der Waals surface area contributed by atoms with Crippen molar-refractivity contribution in [1.29, 1.82) is 0 Å². The smallest absolute Gasteiger partial charge is 0.0235 e. The van der Waals surface area contributed by atoms with Crippen LogP contribution in [0.2, 0.25) is 0 Å². The highest BCUT2D eigenvalue weighted by atomic mass is 127. The van der Waals surface area contributed by atoms with E-state index in [4.69, 9.17) is 0 Å². The van der Waals surface area contributed by atoms with E-state index in [2.05, 4.69) is 36.4 Å². The van der Waals surface area contributed by atoms with E-state index < -0.39 is 0 Å². The molecule has 0 heterocycles. The lowest BCUT2D eigenvalue weighted by molar-refractivity contribution is -0.225. The molecule has 0 aromatic carbocycles. The first kappa shape index (κ1) is 14.9. The monoisotopic (exact) mass is 424 g/mol. The zero-order valence-electron chi connectivity index (χ0n) is 15.1. The highest BCUT2D eigenvalue weighted by Gasteiger charge is 2.70. The van der Waals surface area contributed by atoms with E-state index in [9.17, 15) is 0 Å². The Kier molecular flexibility index (Phi) is 2.59. The van der Waals surface area contributed by atoms with Gasteiger partial charge in [0.15, 0.2) is 0 Å². The van der Waals surface area contributed by atoms with Crippen LogP contribution >= 0.6 is 22.6 Å². The first-order chi connectivity index (χ1) is 10.7. The van der Waals surface area contributed by atoms with E-state index in [1.165, 1.54) is 0 Å². The van der Waals surface area contributed by atoms with Crippen LogP contribution in [0.15, 0.2) is 0 Å². The van der Waals surface area contributed by atoms with Gasteiger partial charge in [-0.15, -0.1) is 0 Å². The molecule has 8 fully saturated rings. The third-order valence-corrected chi connectivity index (χ3v) is 11.0. The van der Waals surface area contributed by atoms with Crippen molar-refractivity contribution in [2.24, 2.45) is 39.4 Å². The van der Waals surface area contributed by atoms with Crippen LogP contribution in [-0.2, 0) is 0 Å². The fourth-order valence-electron chi connectivity index (χ4n) is 10.7. The van der Waals surface area contributed by atoms with Crippen LogP contribution in [0.3, 0.4) is 0 Å². The van der Waals surface area contributed by atoms with Gasteiger partial charge in [0, 0.05) is 3.42 Å². The Balaban J connectivity index is 1.48. The molecule has 0 N–H and O–H groups in total. The van der Waals surface area contributed by atoms with Crippen LogP contribution in [0.5, 0.6) is 0 Å². The summed E-state index contributed by atoms with van der Waals surface area (Å²) in [4.78, 5) is 0. The van der Waals surface area contributed by atoms with Gasteiger partial charge in [0.2, 0.25) is 0 Å². The molecule has 8 aliphatic rings. The molecule has 8 bridgehead atoms. The standard InChI is InChI=1S/C22H33I/c1-18-4-15-3-16(5-18)8-20(7-15,11-18)21-9-17-6-19(2,12-21)13-22(23,10-17)14-21/h15-17H,3-14H2,1-2H3. The van der Waals surface area contributed by atoms with E-state index in [1.807, 2.05) is 0 Å². The predicted molar refractivity (Wildman–Crippen MR) is 104 cm³/mol. The molecular formula is C22H33I. The normalized spacial score (nSPS) is 68.7. The van der Waals surface area contributed by atoms with Gasteiger partial charge in [0.05, 0.1) is 0 Å². The lowest BCUT2D eigenvalue weighted by Gasteiger charge is -2.75. The summed E-state index contributed by atoms with van der Waals surface area (Å²) in [6.45, 7) is 5.36. The Morgan fingerprint density at radius 3 is 1.83 bits per heavy atom. The first-order valence-electron chi connectivity index (χ1n) is 10.4. The molecule has 1 heteroatoms. The lowest BCUT2D eigenvalue weighted by atomic mass is 9.31. The van der Waals surface area contributed by atoms with Crippen molar-refractivity contribution in [2.75, 3.05) is 0 Å². The minimum absolute atomic E-state index is 0.677. The van der Waals surface area contributed by atoms with E-state index in [0.29, 0.717) is 8.84 Å². The van der Waals surface area contributed by atoms with Crippen molar-refractivity contribution in [1.82, 2.24) is 0 Å². The molecular weight excluding hydrogens is 391 g/mol. The van der Waals surface area contributed by atoms with Crippen molar-refractivity contribution >= 4 is 22.6 Å². The molecule has 0 amide bonds. The number of alkyl halides is 1. The third kappa shape index (κ3) is 1.85. The second-order valence-corrected chi connectivity index (χ2v) is 14.6. The van der Waals surface area contributed by atoms with Crippen molar-refractivity contribution in [3.05, 3.63) is 0 Å². The van der Waals surface area contributed by atoms with E-state index in [1.54, 1.807) is 77.0 Å². The summed E-state index contributed by atoms with van der Waals surface area (Å²) in [7, 11) is 0. The molecule has 0 aromatic rings. The van der Waals surface area contributed by atoms with Gasteiger partial charge >= 0.3 is 0 Å². The molecule has 8 rings (SSSR count). The molecule has 0 aliphatic heterocycles. The van der Waals surface area contributed by atoms with Crippen LogP contribution in [0.25, 0.3) is 0 Å². The molecule has 23 heavy (non-hydrogen) atoms.